The molecule has 0 aliphatic heterocycles. The number of nitrogens with zero attached hydrogens (tertiary/aromatic N) is 1. The molecule has 0 atom stereocenters. The second-order valence-electron chi connectivity index (χ2n) is 7.23. The van der Waals surface area contributed by atoms with E-state index in [1.165, 1.54) is 33.5 Å². The summed E-state index contributed by atoms with van der Waals surface area (Å²) in [5, 5.41) is 0. The van der Waals surface area contributed by atoms with Crippen molar-refractivity contribution in [3.63, 3.8) is 0 Å². The molecular weight excluding hydrogens is 350 g/mol. The molecular formula is C28H25N. The molecule has 4 aromatic carbocycles. The Balaban J connectivity index is 1.67. The molecule has 0 saturated carbocycles. The summed E-state index contributed by atoms with van der Waals surface area (Å²) in [7, 11) is 2.14. The molecule has 0 aliphatic carbocycles. The highest BCUT2D eigenvalue weighted by Gasteiger charge is 2.07. The number of benzene rings is 4. The highest BCUT2D eigenvalue weighted by molar-refractivity contribution is 5.91. The Hall–Kier alpha value is -3.58. The first-order valence-electron chi connectivity index (χ1n) is 9.97. The van der Waals surface area contributed by atoms with Crippen molar-refractivity contribution in [1.82, 2.24) is 0 Å². The molecule has 0 amide bonds. The lowest BCUT2D eigenvalue weighted by molar-refractivity contribution is 0.923. The van der Waals surface area contributed by atoms with E-state index in [0.29, 0.717) is 0 Å². The fraction of sp³-hybridized carbons (Fsp3) is 0.0714. The van der Waals surface area contributed by atoms with Gasteiger partial charge >= 0.3 is 0 Å². The molecule has 0 bridgehead atoms. The zero-order valence-corrected chi connectivity index (χ0v) is 16.7. The molecule has 0 heterocycles. The van der Waals surface area contributed by atoms with Crippen LogP contribution in [0, 0.1) is 0 Å². The lowest BCUT2D eigenvalue weighted by Gasteiger charge is -2.20. The standard InChI is InChI=1S/C28H25N/c1-29(22-23-12-5-2-6-13-23)27-19-11-14-24(20-27)21-28(25-15-7-3-8-16-25)26-17-9-4-10-18-26/h2-21H,22H2,1H3. The van der Waals surface area contributed by atoms with Crippen LogP contribution < -0.4 is 4.90 Å². The van der Waals surface area contributed by atoms with Crippen LogP contribution in [0.1, 0.15) is 22.3 Å². The van der Waals surface area contributed by atoms with Crippen LogP contribution in [0.3, 0.4) is 0 Å². The number of hydrogen-bond acceptors (Lipinski definition) is 1. The molecule has 142 valence electrons. The van der Waals surface area contributed by atoms with Crippen molar-refractivity contribution in [2.75, 3.05) is 11.9 Å². The Bertz CT molecular complexity index is 1030. The molecule has 0 N–H and O–H groups in total. The Morgan fingerprint density at radius 2 is 1.21 bits per heavy atom. The molecule has 4 rings (SSSR count). The SMILES string of the molecule is CN(Cc1ccccc1)c1cccc(C=C(c2ccccc2)c2ccccc2)c1. The van der Waals surface area contributed by atoms with Gasteiger partial charge in [0.05, 0.1) is 0 Å². The normalized spacial score (nSPS) is 10.4. The zero-order chi connectivity index (χ0) is 19.9. The minimum absolute atomic E-state index is 0.887. The Morgan fingerprint density at radius 1 is 0.655 bits per heavy atom. The van der Waals surface area contributed by atoms with Crippen LogP contribution in [0.25, 0.3) is 11.6 Å². The maximum atomic E-state index is 2.29. The molecule has 4 aromatic rings. The van der Waals surface area contributed by atoms with Crippen molar-refractivity contribution in [3.8, 4) is 0 Å². The fourth-order valence-electron chi connectivity index (χ4n) is 3.54. The van der Waals surface area contributed by atoms with Crippen LogP contribution >= 0.6 is 0 Å². The van der Waals surface area contributed by atoms with E-state index in [4.69, 9.17) is 0 Å². The van der Waals surface area contributed by atoms with E-state index in [1.54, 1.807) is 0 Å². The lowest BCUT2D eigenvalue weighted by atomic mass is 9.95. The van der Waals surface area contributed by atoms with Gasteiger partial charge in [-0.3, -0.25) is 0 Å². The van der Waals surface area contributed by atoms with E-state index in [2.05, 4.69) is 133 Å². The molecule has 1 nitrogen and oxygen atoms in total. The Labute approximate surface area is 173 Å². The minimum Gasteiger partial charge on any atom is -0.370 e. The Morgan fingerprint density at radius 3 is 1.79 bits per heavy atom. The Kier molecular flexibility index (Phi) is 5.87. The molecule has 0 aliphatic rings. The van der Waals surface area contributed by atoms with Gasteiger partial charge in [-0.25, -0.2) is 0 Å². The van der Waals surface area contributed by atoms with Crippen LogP contribution in [-0.4, -0.2) is 7.05 Å². The van der Waals surface area contributed by atoms with Gasteiger partial charge in [0.15, 0.2) is 0 Å². The summed E-state index contributed by atoms with van der Waals surface area (Å²) in [6, 6.07) is 40.5. The molecule has 0 fully saturated rings. The summed E-state index contributed by atoms with van der Waals surface area (Å²) in [4.78, 5) is 2.29. The lowest BCUT2D eigenvalue weighted by Crippen LogP contribution is -2.16. The summed E-state index contributed by atoms with van der Waals surface area (Å²) < 4.78 is 0. The second-order valence-corrected chi connectivity index (χ2v) is 7.23. The highest BCUT2D eigenvalue weighted by Crippen LogP contribution is 2.27. The summed E-state index contributed by atoms with van der Waals surface area (Å²) in [6.07, 6.45) is 2.28. The van der Waals surface area contributed by atoms with Crippen LogP contribution in [0.2, 0.25) is 0 Å². The van der Waals surface area contributed by atoms with Crippen molar-refractivity contribution >= 4 is 17.3 Å². The van der Waals surface area contributed by atoms with Crippen LogP contribution in [0.4, 0.5) is 5.69 Å². The third-order valence-electron chi connectivity index (χ3n) is 5.05. The molecule has 29 heavy (non-hydrogen) atoms. The van der Waals surface area contributed by atoms with E-state index in [9.17, 15) is 0 Å². The van der Waals surface area contributed by atoms with Crippen molar-refractivity contribution in [1.29, 1.82) is 0 Å². The summed E-state index contributed by atoms with van der Waals surface area (Å²) >= 11 is 0. The van der Waals surface area contributed by atoms with E-state index in [-0.39, 0.29) is 0 Å². The molecule has 0 unspecified atom stereocenters. The van der Waals surface area contributed by atoms with E-state index in [0.717, 1.165) is 6.54 Å². The maximum absolute atomic E-state index is 2.29. The van der Waals surface area contributed by atoms with Gasteiger partial charge in [-0.1, -0.05) is 103 Å². The topological polar surface area (TPSA) is 3.24 Å². The molecule has 0 radical (unpaired) electrons. The summed E-state index contributed by atoms with van der Waals surface area (Å²) in [5.74, 6) is 0. The van der Waals surface area contributed by atoms with Gasteiger partial charge in [0, 0.05) is 19.3 Å². The zero-order valence-electron chi connectivity index (χ0n) is 16.7. The number of hydrogen-bond donors (Lipinski definition) is 0. The first-order chi connectivity index (χ1) is 14.3. The van der Waals surface area contributed by atoms with Crippen molar-refractivity contribution in [3.05, 3.63) is 138 Å². The van der Waals surface area contributed by atoms with Gasteiger partial charge in [-0.15, -0.1) is 0 Å². The van der Waals surface area contributed by atoms with Gasteiger partial charge in [0.2, 0.25) is 0 Å². The minimum atomic E-state index is 0.887. The smallest absolute Gasteiger partial charge is 0.0426 e. The van der Waals surface area contributed by atoms with Crippen molar-refractivity contribution < 1.29 is 0 Å². The summed E-state index contributed by atoms with van der Waals surface area (Å²) in [5.41, 5.74) is 7.40. The third kappa shape index (κ3) is 4.83. The predicted octanol–water partition coefficient (Wildman–Crippen LogP) is 6.91. The van der Waals surface area contributed by atoms with E-state index >= 15 is 0 Å². The van der Waals surface area contributed by atoms with Crippen LogP contribution in [0.15, 0.2) is 115 Å². The molecule has 1 heteroatoms. The first-order valence-corrected chi connectivity index (χ1v) is 9.97. The molecule has 0 spiro atoms. The van der Waals surface area contributed by atoms with Gasteiger partial charge in [0.1, 0.15) is 0 Å². The molecule has 0 saturated heterocycles. The number of rotatable bonds is 6. The monoisotopic (exact) mass is 375 g/mol. The van der Waals surface area contributed by atoms with Crippen molar-refractivity contribution in [2.45, 2.75) is 6.54 Å². The first kappa shape index (κ1) is 18.8. The average Bonchev–Trinajstić information content (AvgIpc) is 2.79. The van der Waals surface area contributed by atoms with Gasteiger partial charge in [-0.2, -0.15) is 0 Å². The van der Waals surface area contributed by atoms with Gasteiger partial charge in [0.25, 0.3) is 0 Å². The average molecular weight is 376 g/mol. The van der Waals surface area contributed by atoms with Gasteiger partial charge in [-0.05, 0) is 46.0 Å². The third-order valence-corrected chi connectivity index (χ3v) is 5.05. The summed E-state index contributed by atoms with van der Waals surface area (Å²) in [6.45, 7) is 0.887. The van der Waals surface area contributed by atoms with Gasteiger partial charge < -0.3 is 4.90 Å². The fourth-order valence-corrected chi connectivity index (χ4v) is 3.54. The largest absolute Gasteiger partial charge is 0.370 e. The highest BCUT2D eigenvalue weighted by atomic mass is 15.1. The van der Waals surface area contributed by atoms with E-state index in [1.807, 2.05) is 0 Å². The van der Waals surface area contributed by atoms with Crippen molar-refractivity contribution in [2.24, 2.45) is 0 Å². The van der Waals surface area contributed by atoms with E-state index < -0.39 is 0 Å². The van der Waals surface area contributed by atoms with Crippen LogP contribution in [0.5, 0.6) is 0 Å². The quantitative estimate of drug-likeness (QED) is 0.331. The van der Waals surface area contributed by atoms with Crippen LogP contribution in [-0.2, 0) is 6.54 Å². The predicted molar refractivity (Wildman–Crippen MR) is 125 cm³/mol. The number of anilines is 1. The maximum Gasteiger partial charge on any atom is 0.0426 e. The second kappa shape index (κ2) is 9.07. The molecule has 0 aromatic heterocycles.